The summed E-state index contributed by atoms with van der Waals surface area (Å²) in [6, 6.07) is 0.706. The van der Waals surface area contributed by atoms with Crippen LogP contribution in [0.3, 0.4) is 0 Å². The lowest BCUT2D eigenvalue weighted by Crippen LogP contribution is -2.53. The van der Waals surface area contributed by atoms with E-state index in [1.54, 1.807) is 0 Å². The van der Waals surface area contributed by atoms with E-state index in [1.807, 2.05) is 0 Å². The number of nitrogens with zero attached hydrogens (tertiary/aromatic N) is 1. The molecule has 21 heavy (non-hydrogen) atoms. The van der Waals surface area contributed by atoms with E-state index in [4.69, 9.17) is 4.74 Å². The second-order valence-corrected chi connectivity index (χ2v) is 7.75. The zero-order chi connectivity index (χ0) is 15.4. The summed E-state index contributed by atoms with van der Waals surface area (Å²) in [6.07, 6.45) is 4.74. The highest BCUT2D eigenvalue weighted by Crippen LogP contribution is 2.34. The van der Waals surface area contributed by atoms with Crippen LogP contribution in [0.2, 0.25) is 0 Å². The van der Waals surface area contributed by atoms with Crippen LogP contribution in [0.1, 0.15) is 53.9 Å². The number of hydrogen-bond acceptors (Lipinski definition) is 3. The first-order chi connectivity index (χ1) is 9.99. The van der Waals surface area contributed by atoms with E-state index >= 15 is 0 Å². The highest BCUT2D eigenvalue weighted by molar-refractivity contribution is 4.90. The fraction of sp³-hybridized carbons (Fsp3) is 1.00. The molecule has 1 N–H and O–H groups in total. The molecule has 0 aromatic heterocycles. The van der Waals surface area contributed by atoms with Gasteiger partial charge in [-0.2, -0.15) is 0 Å². The van der Waals surface area contributed by atoms with Crippen LogP contribution in [0.25, 0.3) is 0 Å². The molecule has 0 radical (unpaired) electrons. The van der Waals surface area contributed by atoms with Gasteiger partial charge in [-0.1, -0.05) is 20.8 Å². The fourth-order valence-electron chi connectivity index (χ4n) is 4.51. The molecule has 124 valence electrons. The zero-order valence-corrected chi connectivity index (χ0v) is 14.8. The van der Waals surface area contributed by atoms with Crippen LogP contribution >= 0.6 is 0 Å². The molecule has 1 aliphatic carbocycles. The molecule has 1 heterocycles. The van der Waals surface area contributed by atoms with E-state index in [9.17, 15) is 0 Å². The summed E-state index contributed by atoms with van der Waals surface area (Å²) in [5.41, 5.74) is 0. The van der Waals surface area contributed by atoms with E-state index in [0.29, 0.717) is 18.2 Å². The smallest absolute Gasteiger partial charge is 0.0678 e. The number of hydrogen-bond donors (Lipinski definition) is 1. The molecule has 6 unspecified atom stereocenters. The summed E-state index contributed by atoms with van der Waals surface area (Å²) in [5, 5.41) is 3.84. The van der Waals surface area contributed by atoms with Crippen LogP contribution in [0.4, 0.5) is 0 Å². The van der Waals surface area contributed by atoms with Gasteiger partial charge in [-0.25, -0.2) is 0 Å². The van der Waals surface area contributed by atoms with Gasteiger partial charge < -0.3 is 10.1 Å². The number of rotatable bonds is 5. The molecule has 1 saturated carbocycles. The summed E-state index contributed by atoms with van der Waals surface area (Å²) >= 11 is 0. The van der Waals surface area contributed by atoms with Crippen LogP contribution in [0.5, 0.6) is 0 Å². The summed E-state index contributed by atoms with van der Waals surface area (Å²) in [4.78, 5) is 2.65. The molecule has 0 bridgehead atoms. The lowest BCUT2D eigenvalue weighted by Gasteiger charge is -2.44. The molecule has 0 aromatic carbocycles. The molecule has 6 atom stereocenters. The second kappa shape index (κ2) is 7.94. The van der Waals surface area contributed by atoms with E-state index < -0.39 is 0 Å². The third kappa shape index (κ3) is 4.94. The molecule has 2 rings (SSSR count). The van der Waals surface area contributed by atoms with Crippen molar-refractivity contribution < 1.29 is 4.74 Å². The van der Waals surface area contributed by atoms with Gasteiger partial charge >= 0.3 is 0 Å². The van der Waals surface area contributed by atoms with Crippen molar-refractivity contribution in [3.8, 4) is 0 Å². The van der Waals surface area contributed by atoms with Gasteiger partial charge in [0.25, 0.3) is 0 Å². The zero-order valence-electron chi connectivity index (χ0n) is 14.8. The third-order valence-corrected chi connectivity index (χ3v) is 5.30. The SMILES string of the molecule is CCCNC1CC(C)CC(C)C1CN1CC(C)OC(C)C1. The van der Waals surface area contributed by atoms with Crippen LogP contribution in [-0.2, 0) is 4.74 Å². The maximum atomic E-state index is 5.88. The van der Waals surface area contributed by atoms with Crippen molar-refractivity contribution in [1.82, 2.24) is 10.2 Å². The van der Waals surface area contributed by atoms with E-state index in [1.165, 1.54) is 25.8 Å². The Morgan fingerprint density at radius 2 is 1.71 bits per heavy atom. The predicted molar refractivity (Wildman–Crippen MR) is 89.6 cm³/mol. The van der Waals surface area contributed by atoms with Crippen LogP contribution in [0.15, 0.2) is 0 Å². The Bertz CT molecular complexity index is 300. The monoisotopic (exact) mass is 296 g/mol. The van der Waals surface area contributed by atoms with Crippen LogP contribution in [-0.4, -0.2) is 49.3 Å². The molecule has 2 fully saturated rings. The van der Waals surface area contributed by atoms with Crippen molar-refractivity contribution in [2.24, 2.45) is 17.8 Å². The standard InChI is InChI=1S/C18H36N2O/c1-6-7-19-18-9-13(2)8-14(3)17(18)12-20-10-15(4)21-16(5)11-20/h13-19H,6-12H2,1-5H3. The van der Waals surface area contributed by atoms with Gasteiger partial charge in [0.05, 0.1) is 12.2 Å². The fourth-order valence-corrected chi connectivity index (χ4v) is 4.51. The highest BCUT2D eigenvalue weighted by atomic mass is 16.5. The van der Waals surface area contributed by atoms with Crippen molar-refractivity contribution >= 4 is 0 Å². The Balaban J connectivity index is 1.96. The van der Waals surface area contributed by atoms with Gasteiger partial charge in [0.1, 0.15) is 0 Å². The van der Waals surface area contributed by atoms with Gasteiger partial charge in [-0.05, 0) is 57.4 Å². The number of nitrogens with one attached hydrogen (secondary N) is 1. The Hall–Kier alpha value is -0.120. The first-order valence-electron chi connectivity index (χ1n) is 9.10. The molecule has 1 saturated heterocycles. The minimum atomic E-state index is 0.383. The molecular formula is C18H36N2O. The number of morpholine rings is 1. The van der Waals surface area contributed by atoms with Crippen molar-refractivity contribution in [2.45, 2.75) is 72.1 Å². The first-order valence-corrected chi connectivity index (χ1v) is 9.10. The minimum Gasteiger partial charge on any atom is -0.373 e. The van der Waals surface area contributed by atoms with Gasteiger partial charge in [0, 0.05) is 25.7 Å². The van der Waals surface area contributed by atoms with Crippen molar-refractivity contribution in [3.63, 3.8) is 0 Å². The largest absolute Gasteiger partial charge is 0.373 e. The van der Waals surface area contributed by atoms with E-state index in [-0.39, 0.29) is 0 Å². The molecule has 3 nitrogen and oxygen atoms in total. The lowest BCUT2D eigenvalue weighted by atomic mass is 9.72. The highest BCUT2D eigenvalue weighted by Gasteiger charge is 2.35. The van der Waals surface area contributed by atoms with Gasteiger partial charge in [-0.3, -0.25) is 4.90 Å². The summed E-state index contributed by atoms with van der Waals surface area (Å²) in [6.45, 7) is 16.2. The molecule has 3 heteroatoms. The normalized spacial score (nSPS) is 42.1. The molecular weight excluding hydrogens is 260 g/mol. The third-order valence-electron chi connectivity index (χ3n) is 5.30. The van der Waals surface area contributed by atoms with Gasteiger partial charge in [-0.15, -0.1) is 0 Å². The first kappa shape index (κ1) is 17.2. The Labute approximate surface area is 131 Å². The van der Waals surface area contributed by atoms with Crippen molar-refractivity contribution in [3.05, 3.63) is 0 Å². The van der Waals surface area contributed by atoms with Gasteiger partial charge in [0.2, 0.25) is 0 Å². The van der Waals surface area contributed by atoms with E-state index in [2.05, 4.69) is 44.8 Å². The molecule has 0 spiro atoms. The van der Waals surface area contributed by atoms with E-state index in [0.717, 1.165) is 37.4 Å². The van der Waals surface area contributed by atoms with Crippen LogP contribution in [0, 0.1) is 17.8 Å². The maximum absolute atomic E-state index is 5.88. The Morgan fingerprint density at radius 3 is 2.33 bits per heavy atom. The lowest BCUT2D eigenvalue weighted by molar-refractivity contribution is -0.0766. The van der Waals surface area contributed by atoms with Crippen LogP contribution < -0.4 is 5.32 Å². The maximum Gasteiger partial charge on any atom is 0.0678 e. The average Bonchev–Trinajstić information content (AvgIpc) is 2.38. The average molecular weight is 296 g/mol. The van der Waals surface area contributed by atoms with Crippen molar-refractivity contribution in [2.75, 3.05) is 26.2 Å². The molecule has 0 aromatic rings. The minimum absolute atomic E-state index is 0.383. The summed E-state index contributed by atoms with van der Waals surface area (Å²) in [7, 11) is 0. The van der Waals surface area contributed by atoms with Crippen molar-refractivity contribution in [1.29, 1.82) is 0 Å². The summed E-state index contributed by atoms with van der Waals surface area (Å²) < 4.78 is 5.88. The predicted octanol–water partition coefficient (Wildman–Crippen LogP) is 3.15. The summed E-state index contributed by atoms with van der Waals surface area (Å²) in [5.74, 6) is 2.50. The topological polar surface area (TPSA) is 24.5 Å². The second-order valence-electron chi connectivity index (χ2n) is 7.75. The number of ether oxygens (including phenoxy) is 1. The Kier molecular flexibility index (Phi) is 6.51. The van der Waals surface area contributed by atoms with Gasteiger partial charge in [0.15, 0.2) is 0 Å². The molecule has 2 aliphatic rings. The quantitative estimate of drug-likeness (QED) is 0.843. The molecule has 0 amide bonds. The Morgan fingerprint density at radius 1 is 1.05 bits per heavy atom. The molecule has 1 aliphatic heterocycles.